The van der Waals surface area contributed by atoms with Crippen molar-refractivity contribution in [1.29, 1.82) is 0 Å². The van der Waals surface area contributed by atoms with E-state index in [9.17, 15) is 17.6 Å². The van der Waals surface area contributed by atoms with Crippen LogP contribution in [0.2, 0.25) is 0 Å². The Morgan fingerprint density at radius 3 is 2.33 bits per heavy atom. The van der Waals surface area contributed by atoms with Crippen LogP contribution in [0.3, 0.4) is 0 Å². The molecule has 6 nitrogen and oxygen atoms in total. The lowest BCUT2D eigenvalue weighted by Crippen LogP contribution is -2.31. The van der Waals surface area contributed by atoms with Crippen LogP contribution in [0.4, 0.5) is 4.39 Å². The summed E-state index contributed by atoms with van der Waals surface area (Å²) in [5.74, 6) is -0.293. The first-order chi connectivity index (χ1) is 12.8. The largest absolute Gasteiger partial charge is 0.484 e. The topological polar surface area (TPSA) is 84.5 Å². The van der Waals surface area contributed by atoms with Crippen molar-refractivity contribution in [3.63, 3.8) is 0 Å². The predicted octanol–water partition coefficient (Wildman–Crippen LogP) is 2.77. The molecule has 0 saturated carbocycles. The van der Waals surface area contributed by atoms with Crippen LogP contribution in [0.5, 0.6) is 5.75 Å². The van der Waals surface area contributed by atoms with Crippen LogP contribution in [0.25, 0.3) is 0 Å². The molecule has 0 unspecified atom stereocenters. The number of nitrogens with one attached hydrogen (secondary N) is 2. The van der Waals surface area contributed by atoms with Gasteiger partial charge < -0.3 is 10.1 Å². The van der Waals surface area contributed by atoms with Gasteiger partial charge in [-0.25, -0.2) is 17.5 Å². The molecule has 0 aliphatic rings. The molecule has 0 aromatic heterocycles. The van der Waals surface area contributed by atoms with Gasteiger partial charge in [0.15, 0.2) is 6.61 Å². The minimum atomic E-state index is -3.53. The Morgan fingerprint density at radius 1 is 1.11 bits per heavy atom. The highest BCUT2D eigenvalue weighted by Gasteiger charge is 2.14. The van der Waals surface area contributed by atoms with Crippen molar-refractivity contribution in [1.82, 2.24) is 10.0 Å². The van der Waals surface area contributed by atoms with Crippen molar-refractivity contribution >= 4 is 15.9 Å². The molecule has 0 aliphatic carbocycles. The first kappa shape index (κ1) is 20.9. The minimum absolute atomic E-state index is 0.137. The van der Waals surface area contributed by atoms with E-state index in [0.717, 1.165) is 5.56 Å². The Bertz CT molecular complexity index is 852. The molecule has 2 aromatic rings. The Kier molecular flexibility index (Phi) is 7.32. The van der Waals surface area contributed by atoms with Crippen LogP contribution in [0, 0.1) is 5.82 Å². The zero-order valence-corrected chi connectivity index (χ0v) is 16.1. The van der Waals surface area contributed by atoms with Gasteiger partial charge in [0.2, 0.25) is 10.0 Å². The molecule has 2 rings (SSSR count). The number of carbonyl (C=O) groups excluding carboxylic acids is 1. The zero-order valence-electron chi connectivity index (χ0n) is 15.2. The molecule has 0 aliphatic heterocycles. The molecular formula is C19H23FN2O4S. The van der Waals surface area contributed by atoms with Crippen molar-refractivity contribution in [2.75, 3.05) is 13.2 Å². The van der Waals surface area contributed by atoms with Crippen LogP contribution in [0.15, 0.2) is 53.4 Å². The third-order valence-electron chi connectivity index (χ3n) is 3.79. The zero-order chi connectivity index (χ0) is 19.9. The lowest BCUT2D eigenvalue weighted by molar-refractivity contribution is -0.123. The van der Waals surface area contributed by atoms with E-state index in [1.807, 2.05) is 6.92 Å². The van der Waals surface area contributed by atoms with Crippen molar-refractivity contribution < 1.29 is 22.3 Å². The quantitative estimate of drug-likeness (QED) is 0.685. The average Bonchev–Trinajstić information content (AvgIpc) is 2.65. The highest BCUT2D eigenvalue weighted by atomic mass is 32.2. The molecule has 1 atom stereocenters. The summed E-state index contributed by atoms with van der Waals surface area (Å²) in [4.78, 5) is 12.1. The van der Waals surface area contributed by atoms with Gasteiger partial charge in [0, 0.05) is 6.54 Å². The molecule has 1 amide bonds. The van der Waals surface area contributed by atoms with E-state index in [1.165, 1.54) is 36.4 Å². The molecule has 0 radical (unpaired) electrons. The summed E-state index contributed by atoms with van der Waals surface area (Å²) >= 11 is 0. The van der Waals surface area contributed by atoms with Gasteiger partial charge in [-0.1, -0.05) is 19.1 Å². The number of ether oxygens (including phenoxy) is 1. The van der Waals surface area contributed by atoms with E-state index in [1.54, 1.807) is 19.1 Å². The van der Waals surface area contributed by atoms with Crippen LogP contribution in [-0.4, -0.2) is 27.5 Å². The first-order valence-electron chi connectivity index (χ1n) is 8.59. The molecule has 2 aromatic carbocycles. The van der Waals surface area contributed by atoms with Gasteiger partial charge in [0.1, 0.15) is 11.6 Å². The predicted molar refractivity (Wildman–Crippen MR) is 100 cm³/mol. The summed E-state index contributed by atoms with van der Waals surface area (Å²) < 4.78 is 44.8. The highest BCUT2D eigenvalue weighted by molar-refractivity contribution is 7.89. The number of benzene rings is 2. The average molecular weight is 394 g/mol. The van der Waals surface area contributed by atoms with E-state index < -0.39 is 10.0 Å². The van der Waals surface area contributed by atoms with Gasteiger partial charge >= 0.3 is 0 Å². The normalized spacial score (nSPS) is 12.4. The van der Waals surface area contributed by atoms with Gasteiger partial charge in [-0.3, -0.25) is 4.79 Å². The van der Waals surface area contributed by atoms with Crippen LogP contribution >= 0.6 is 0 Å². The summed E-state index contributed by atoms with van der Waals surface area (Å²) in [7, 11) is -3.53. The smallest absolute Gasteiger partial charge is 0.258 e. The molecule has 0 spiro atoms. The second kappa shape index (κ2) is 9.48. The molecule has 2 N–H and O–H groups in total. The Morgan fingerprint density at radius 2 is 1.74 bits per heavy atom. The molecule has 8 heteroatoms. The molecule has 146 valence electrons. The maximum atomic E-state index is 12.9. The van der Waals surface area contributed by atoms with Crippen LogP contribution in [-0.2, 0) is 14.8 Å². The number of rotatable bonds is 9. The molecule has 27 heavy (non-hydrogen) atoms. The Balaban J connectivity index is 1.87. The van der Waals surface area contributed by atoms with E-state index in [4.69, 9.17) is 4.74 Å². The second-order valence-electron chi connectivity index (χ2n) is 6.00. The van der Waals surface area contributed by atoms with Gasteiger partial charge in [-0.05, 0) is 55.3 Å². The number of amides is 1. The molecule has 0 bridgehead atoms. The maximum absolute atomic E-state index is 12.9. The molecule has 0 heterocycles. The van der Waals surface area contributed by atoms with E-state index in [-0.39, 0.29) is 29.3 Å². The summed E-state index contributed by atoms with van der Waals surface area (Å²) in [5.41, 5.74) is 0.777. The summed E-state index contributed by atoms with van der Waals surface area (Å²) in [5, 5.41) is 2.75. The summed E-state index contributed by atoms with van der Waals surface area (Å²) in [6.45, 7) is 3.81. The van der Waals surface area contributed by atoms with Crippen molar-refractivity contribution in [2.45, 2.75) is 31.2 Å². The monoisotopic (exact) mass is 394 g/mol. The fraction of sp³-hybridized carbons (Fsp3) is 0.316. The van der Waals surface area contributed by atoms with Crippen molar-refractivity contribution in [3.05, 3.63) is 59.9 Å². The summed E-state index contributed by atoms with van der Waals surface area (Å²) in [6.07, 6.45) is 0.700. The first-order valence-corrected chi connectivity index (χ1v) is 10.1. The lowest BCUT2D eigenvalue weighted by atomic mass is 10.1. The standard InChI is InChI=1S/C19H23FN2O4S/c1-3-12-21-27(24,25)18-10-8-17(9-11-18)26-13-19(23)22-14(2)15-4-6-16(20)7-5-15/h4-11,14,21H,3,12-13H2,1-2H3,(H,22,23)/t14-/m0/s1. The lowest BCUT2D eigenvalue weighted by Gasteiger charge is -2.15. The van der Waals surface area contributed by atoms with Gasteiger partial charge in [-0.2, -0.15) is 0 Å². The third-order valence-corrected chi connectivity index (χ3v) is 5.27. The van der Waals surface area contributed by atoms with Crippen molar-refractivity contribution in [2.24, 2.45) is 0 Å². The maximum Gasteiger partial charge on any atom is 0.258 e. The molecule has 0 saturated heterocycles. The molecule has 0 fully saturated rings. The SMILES string of the molecule is CCCNS(=O)(=O)c1ccc(OCC(=O)N[C@@H](C)c2ccc(F)cc2)cc1. The Hall–Kier alpha value is -2.45. The number of halogens is 1. The van der Waals surface area contributed by atoms with E-state index >= 15 is 0 Å². The number of sulfonamides is 1. The van der Waals surface area contributed by atoms with Crippen LogP contribution < -0.4 is 14.8 Å². The molecular weight excluding hydrogens is 371 g/mol. The number of hydrogen-bond acceptors (Lipinski definition) is 4. The van der Waals surface area contributed by atoms with Crippen molar-refractivity contribution in [3.8, 4) is 5.75 Å². The minimum Gasteiger partial charge on any atom is -0.484 e. The van der Waals surface area contributed by atoms with Gasteiger partial charge in [-0.15, -0.1) is 0 Å². The van der Waals surface area contributed by atoms with Gasteiger partial charge in [0.05, 0.1) is 10.9 Å². The fourth-order valence-corrected chi connectivity index (χ4v) is 3.44. The number of hydrogen-bond donors (Lipinski definition) is 2. The van der Waals surface area contributed by atoms with Gasteiger partial charge in [0.25, 0.3) is 5.91 Å². The summed E-state index contributed by atoms with van der Waals surface area (Å²) in [6, 6.07) is 11.4. The van der Waals surface area contributed by atoms with Crippen LogP contribution in [0.1, 0.15) is 31.9 Å². The fourth-order valence-electron chi connectivity index (χ4n) is 2.30. The van der Waals surface area contributed by atoms with E-state index in [2.05, 4.69) is 10.0 Å². The third kappa shape index (κ3) is 6.33. The Labute approximate surface area is 158 Å². The van der Waals surface area contributed by atoms with E-state index in [0.29, 0.717) is 18.7 Å². The second-order valence-corrected chi connectivity index (χ2v) is 7.77. The highest BCUT2D eigenvalue weighted by Crippen LogP contribution is 2.16. The number of carbonyl (C=O) groups is 1.